The van der Waals surface area contributed by atoms with Gasteiger partial charge in [-0.2, -0.15) is 9.40 Å². The van der Waals surface area contributed by atoms with Gasteiger partial charge in [-0.1, -0.05) is 24.4 Å². The molecule has 1 aromatic heterocycles. The van der Waals surface area contributed by atoms with Crippen LogP contribution in [0, 0.1) is 0 Å². The highest BCUT2D eigenvalue weighted by molar-refractivity contribution is 7.89. The summed E-state index contributed by atoms with van der Waals surface area (Å²) in [4.78, 5) is 0. The van der Waals surface area contributed by atoms with Crippen LogP contribution in [-0.2, 0) is 17.1 Å². The second kappa shape index (κ2) is 5.40. The van der Waals surface area contributed by atoms with E-state index in [0.717, 1.165) is 12.8 Å². The van der Waals surface area contributed by atoms with Crippen molar-refractivity contribution in [2.24, 2.45) is 7.05 Å². The van der Waals surface area contributed by atoms with Gasteiger partial charge in [0.1, 0.15) is 0 Å². The third-order valence-corrected chi connectivity index (χ3v) is 6.02. The normalized spacial score (nSPS) is 24.9. The molecule has 2 atom stereocenters. The fourth-order valence-electron chi connectivity index (χ4n) is 2.52. The van der Waals surface area contributed by atoms with Crippen molar-refractivity contribution in [2.75, 3.05) is 7.05 Å². The molecule has 8 heteroatoms. The minimum absolute atomic E-state index is 0.0329. The molecule has 19 heavy (non-hydrogen) atoms. The zero-order valence-electron chi connectivity index (χ0n) is 11.0. The minimum Gasteiger partial charge on any atom is -0.391 e. The van der Waals surface area contributed by atoms with Gasteiger partial charge in [-0.15, -0.1) is 0 Å². The predicted octanol–water partition coefficient (Wildman–Crippen LogP) is 0.998. The Kier molecular flexibility index (Phi) is 4.20. The number of aromatic nitrogens is 2. The van der Waals surface area contributed by atoms with Crippen molar-refractivity contribution in [1.82, 2.24) is 14.1 Å². The molecule has 6 nitrogen and oxygen atoms in total. The minimum atomic E-state index is -3.75. The number of likely N-dealkylation sites (N-methyl/N-ethyl adjacent to an activating group) is 1. The molecule has 2 unspecified atom stereocenters. The largest absolute Gasteiger partial charge is 0.391 e. The van der Waals surface area contributed by atoms with Gasteiger partial charge in [-0.3, -0.25) is 4.68 Å². The first-order valence-corrected chi connectivity index (χ1v) is 8.01. The quantitative estimate of drug-likeness (QED) is 0.904. The van der Waals surface area contributed by atoms with Crippen molar-refractivity contribution in [3.05, 3.63) is 11.2 Å². The molecular weight excluding hydrogens is 290 g/mol. The predicted molar refractivity (Wildman–Crippen MR) is 71.4 cm³/mol. The molecule has 108 valence electrons. The Morgan fingerprint density at radius 3 is 2.63 bits per heavy atom. The van der Waals surface area contributed by atoms with E-state index in [4.69, 9.17) is 11.6 Å². The van der Waals surface area contributed by atoms with Crippen LogP contribution in [0.1, 0.15) is 25.7 Å². The van der Waals surface area contributed by atoms with Crippen molar-refractivity contribution < 1.29 is 13.5 Å². The van der Waals surface area contributed by atoms with Crippen LogP contribution in [0.5, 0.6) is 0 Å². The van der Waals surface area contributed by atoms with E-state index in [1.807, 2.05) is 0 Å². The average Bonchev–Trinajstić information content (AvgIpc) is 2.69. The van der Waals surface area contributed by atoms with Crippen LogP contribution in [0.15, 0.2) is 11.2 Å². The molecule has 0 spiro atoms. The lowest BCUT2D eigenvalue weighted by Crippen LogP contribution is -2.46. The number of rotatable bonds is 3. The van der Waals surface area contributed by atoms with Crippen LogP contribution in [0.25, 0.3) is 0 Å². The summed E-state index contributed by atoms with van der Waals surface area (Å²) in [5, 5.41) is 13.9. The highest BCUT2D eigenvalue weighted by Crippen LogP contribution is 2.29. The molecule has 1 aromatic rings. The first-order valence-electron chi connectivity index (χ1n) is 6.19. The molecule has 2 rings (SSSR count). The number of aliphatic hydroxyl groups is 1. The van der Waals surface area contributed by atoms with E-state index >= 15 is 0 Å². The fourth-order valence-corrected chi connectivity index (χ4v) is 4.53. The first kappa shape index (κ1) is 14.8. The highest BCUT2D eigenvalue weighted by Gasteiger charge is 2.36. The number of aliphatic hydroxyl groups excluding tert-OH is 1. The monoisotopic (exact) mass is 307 g/mol. The third-order valence-electron chi connectivity index (χ3n) is 3.63. The molecule has 0 aromatic carbocycles. The summed E-state index contributed by atoms with van der Waals surface area (Å²) in [5.41, 5.74) is 0. The zero-order valence-corrected chi connectivity index (χ0v) is 12.5. The number of sulfonamides is 1. The molecule has 1 fully saturated rings. The van der Waals surface area contributed by atoms with E-state index in [9.17, 15) is 13.5 Å². The van der Waals surface area contributed by atoms with Gasteiger partial charge in [0, 0.05) is 14.1 Å². The molecule has 1 saturated carbocycles. The molecule has 0 radical (unpaired) electrons. The summed E-state index contributed by atoms with van der Waals surface area (Å²) >= 11 is 5.90. The van der Waals surface area contributed by atoms with Crippen molar-refractivity contribution in [2.45, 2.75) is 42.9 Å². The fraction of sp³-hybridized carbons (Fsp3) is 0.727. The van der Waals surface area contributed by atoms with E-state index in [2.05, 4.69) is 5.10 Å². The molecule has 0 amide bonds. The van der Waals surface area contributed by atoms with E-state index in [1.54, 1.807) is 0 Å². The van der Waals surface area contributed by atoms with Gasteiger partial charge < -0.3 is 5.11 Å². The maximum Gasteiger partial charge on any atom is 0.261 e. The number of hydrogen-bond acceptors (Lipinski definition) is 4. The first-order chi connectivity index (χ1) is 8.85. The van der Waals surface area contributed by atoms with Crippen LogP contribution in [-0.4, -0.2) is 46.8 Å². The second-order valence-electron chi connectivity index (χ2n) is 4.86. The molecule has 1 aliphatic carbocycles. The Morgan fingerprint density at radius 2 is 2.11 bits per heavy atom. The summed E-state index contributed by atoms with van der Waals surface area (Å²) in [7, 11) is -0.732. The lowest BCUT2D eigenvalue weighted by Gasteiger charge is -2.34. The maximum atomic E-state index is 12.5. The van der Waals surface area contributed by atoms with Gasteiger partial charge in [0.05, 0.1) is 23.4 Å². The smallest absolute Gasteiger partial charge is 0.261 e. The van der Waals surface area contributed by atoms with Gasteiger partial charge in [0.15, 0.2) is 5.03 Å². The Morgan fingerprint density at radius 1 is 1.47 bits per heavy atom. The van der Waals surface area contributed by atoms with Crippen molar-refractivity contribution in [3.63, 3.8) is 0 Å². The SMILES string of the molecule is CN(C1CCCCC1O)S(=O)(=O)c1c(Cl)cnn1C. The van der Waals surface area contributed by atoms with Crippen molar-refractivity contribution >= 4 is 21.6 Å². The lowest BCUT2D eigenvalue weighted by atomic mass is 9.93. The molecule has 0 aliphatic heterocycles. The van der Waals surface area contributed by atoms with Crippen LogP contribution < -0.4 is 0 Å². The van der Waals surface area contributed by atoms with Gasteiger partial charge in [-0.05, 0) is 12.8 Å². The number of aryl methyl sites for hydroxylation is 1. The summed E-state index contributed by atoms with van der Waals surface area (Å²) < 4.78 is 27.6. The Balaban J connectivity index is 2.34. The molecular formula is C11H18ClN3O3S. The Labute approximate surface area is 118 Å². The number of halogens is 1. The van der Waals surface area contributed by atoms with E-state index in [1.165, 1.54) is 29.3 Å². The summed E-state index contributed by atoms with van der Waals surface area (Å²) in [6.45, 7) is 0. The number of hydrogen-bond donors (Lipinski definition) is 1. The van der Waals surface area contributed by atoms with Crippen molar-refractivity contribution in [3.8, 4) is 0 Å². The third kappa shape index (κ3) is 2.65. The Bertz CT molecular complexity index is 538. The second-order valence-corrected chi connectivity index (χ2v) is 7.18. The van der Waals surface area contributed by atoms with Gasteiger partial charge in [0.2, 0.25) is 0 Å². The molecule has 0 saturated heterocycles. The van der Waals surface area contributed by atoms with E-state index < -0.39 is 22.2 Å². The molecule has 0 bridgehead atoms. The van der Waals surface area contributed by atoms with Gasteiger partial charge in [0.25, 0.3) is 10.0 Å². The molecule has 1 heterocycles. The maximum absolute atomic E-state index is 12.5. The lowest BCUT2D eigenvalue weighted by molar-refractivity contribution is 0.0636. The topological polar surface area (TPSA) is 75.4 Å². The zero-order chi connectivity index (χ0) is 14.2. The van der Waals surface area contributed by atoms with Gasteiger partial charge >= 0.3 is 0 Å². The highest BCUT2D eigenvalue weighted by atomic mass is 35.5. The summed E-state index contributed by atoms with van der Waals surface area (Å²) in [5.74, 6) is 0. The van der Waals surface area contributed by atoms with E-state index in [0.29, 0.717) is 12.8 Å². The average molecular weight is 308 g/mol. The van der Waals surface area contributed by atoms with Crippen LogP contribution in [0.3, 0.4) is 0 Å². The molecule has 1 N–H and O–H groups in total. The van der Waals surface area contributed by atoms with E-state index in [-0.39, 0.29) is 10.0 Å². The molecule has 1 aliphatic rings. The van der Waals surface area contributed by atoms with Crippen LogP contribution >= 0.6 is 11.6 Å². The van der Waals surface area contributed by atoms with Gasteiger partial charge in [-0.25, -0.2) is 8.42 Å². The summed E-state index contributed by atoms with van der Waals surface area (Å²) in [6, 6.07) is -0.398. The number of nitrogens with zero attached hydrogens (tertiary/aromatic N) is 3. The van der Waals surface area contributed by atoms with Crippen molar-refractivity contribution in [1.29, 1.82) is 0 Å². The standard InChI is InChI=1S/C11H18ClN3O3S/c1-14-11(8(12)7-13-14)19(17,18)15(2)9-5-3-4-6-10(9)16/h7,9-10,16H,3-6H2,1-2H3. The Hall–Kier alpha value is -0.630. The summed E-state index contributed by atoms with van der Waals surface area (Å²) in [6.07, 6.45) is 3.81. The van der Waals surface area contributed by atoms with Crippen LogP contribution in [0.2, 0.25) is 5.02 Å². The van der Waals surface area contributed by atoms with Crippen LogP contribution in [0.4, 0.5) is 0 Å².